The molecule has 0 aliphatic heterocycles. The van der Waals surface area contributed by atoms with E-state index in [0.717, 1.165) is 0 Å². The van der Waals surface area contributed by atoms with Crippen molar-refractivity contribution in [2.75, 3.05) is 0 Å². The van der Waals surface area contributed by atoms with E-state index in [1.165, 1.54) is 0 Å². The Hall–Kier alpha value is -0.300. The summed E-state index contributed by atoms with van der Waals surface area (Å²) in [6.07, 6.45) is 0. The summed E-state index contributed by atoms with van der Waals surface area (Å²) in [7, 11) is 0. The Labute approximate surface area is 49.8 Å². The van der Waals surface area contributed by atoms with Crippen LogP contribution in [0.1, 0.15) is 14.9 Å². The molecule has 0 aliphatic carbocycles. The van der Waals surface area contributed by atoms with Crippen molar-refractivity contribution in [1.29, 1.82) is 0 Å². The Morgan fingerprint density at radius 1 is 0.857 bits per heavy atom. The fraction of sp³-hybridized carbons (Fsp3) is 0.333. The second kappa shape index (κ2) is 5.70. The van der Waals surface area contributed by atoms with Crippen molar-refractivity contribution in [2.45, 2.75) is 14.9 Å². The molecule has 0 radical (unpaired) electrons. The first-order valence-electron chi connectivity index (χ1n) is 1.47. The molecule has 0 amide bonds. The molecule has 0 atom stereocenters. The van der Waals surface area contributed by atoms with E-state index in [4.69, 9.17) is 0 Å². The summed E-state index contributed by atoms with van der Waals surface area (Å²) in [4.78, 5) is 0. The third kappa shape index (κ3) is 3.53. The quantitative estimate of drug-likeness (QED) is 0.488. The summed E-state index contributed by atoms with van der Waals surface area (Å²) >= 11 is 1.71. The van der Waals surface area contributed by atoms with Gasteiger partial charge in [-0.2, -0.15) is 11.3 Å². The van der Waals surface area contributed by atoms with Gasteiger partial charge in [-0.05, 0) is 10.8 Å². The lowest BCUT2D eigenvalue weighted by atomic mass is 10.7. The minimum absolute atomic E-state index is 0. The van der Waals surface area contributed by atoms with E-state index in [9.17, 15) is 0 Å². The van der Waals surface area contributed by atoms with Crippen molar-refractivity contribution in [3.05, 3.63) is 22.9 Å². The number of rotatable bonds is 0. The summed E-state index contributed by atoms with van der Waals surface area (Å²) in [6.45, 7) is 0. The van der Waals surface area contributed by atoms with Gasteiger partial charge in [-0.15, -0.1) is 0 Å². The zero-order valence-corrected chi connectivity index (χ0v) is 3.53. The van der Waals surface area contributed by atoms with Crippen LogP contribution in [-0.4, -0.2) is 0 Å². The van der Waals surface area contributed by atoms with Gasteiger partial charge in [-0.3, -0.25) is 0 Å². The van der Waals surface area contributed by atoms with Gasteiger partial charge in [0.15, 0.2) is 0 Å². The smallest absolute Gasteiger partial charge is 0.00934 e. The van der Waals surface area contributed by atoms with Crippen LogP contribution in [0.3, 0.4) is 0 Å². The zero-order chi connectivity index (χ0) is 3.54. The first kappa shape index (κ1) is 9.85. The molecular weight excluding hydrogens is 104 g/mol. The minimum Gasteiger partial charge on any atom is -0.152 e. The highest BCUT2D eigenvalue weighted by atomic mass is 32.1. The zero-order valence-electron chi connectivity index (χ0n) is 2.72. The highest BCUT2D eigenvalue weighted by molar-refractivity contribution is 7.07. The lowest BCUT2D eigenvalue weighted by Gasteiger charge is -1.39. The Morgan fingerprint density at radius 2 is 1.29 bits per heavy atom. The van der Waals surface area contributed by atoms with Gasteiger partial charge >= 0.3 is 0 Å². The largest absolute Gasteiger partial charge is 0.152 e. The molecule has 0 saturated carbocycles. The van der Waals surface area contributed by atoms with Gasteiger partial charge in [0.05, 0.1) is 0 Å². The predicted octanol–water partition coefficient (Wildman–Crippen LogP) is 3.02. The van der Waals surface area contributed by atoms with Gasteiger partial charge in [0.25, 0.3) is 0 Å². The van der Waals surface area contributed by atoms with Crippen LogP contribution in [0.25, 0.3) is 0 Å². The molecule has 1 heteroatoms. The monoisotopic (exact) mass is 116 g/mol. The van der Waals surface area contributed by atoms with Gasteiger partial charge in [-0.25, -0.2) is 0 Å². The normalized spacial score (nSPS) is 5.71. The average Bonchev–Trinajstić information content (AvgIpc) is 1.76. The van der Waals surface area contributed by atoms with E-state index < -0.39 is 0 Å². The number of hydrogen-bond donors (Lipinski definition) is 0. The molecule has 0 spiro atoms. The van der Waals surface area contributed by atoms with Crippen LogP contribution in [0.4, 0.5) is 0 Å². The maximum absolute atomic E-state index is 2.04. The van der Waals surface area contributed by atoms with Crippen molar-refractivity contribution in [3.63, 3.8) is 0 Å². The first-order valence-corrected chi connectivity index (χ1v) is 2.41. The van der Waals surface area contributed by atoms with Crippen molar-refractivity contribution in [3.8, 4) is 0 Å². The molecule has 0 aliphatic rings. The van der Waals surface area contributed by atoms with Crippen LogP contribution in [0.2, 0.25) is 0 Å². The van der Waals surface area contributed by atoms with Gasteiger partial charge in [0.1, 0.15) is 0 Å². The van der Waals surface area contributed by atoms with E-state index >= 15 is 0 Å². The number of thiophene rings is 1. The summed E-state index contributed by atoms with van der Waals surface area (Å²) in [6, 6.07) is 4.04. The summed E-state index contributed by atoms with van der Waals surface area (Å²) in [5.41, 5.74) is 0. The predicted molar refractivity (Wildman–Crippen MR) is 37.8 cm³/mol. The molecule has 1 rings (SSSR count). The van der Waals surface area contributed by atoms with E-state index in [1.54, 1.807) is 11.3 Å². The van der Waals surface area contributed by atoms with E-state index in [2.05, 4.69) is 0 Å². The minimum atomic E-state index is 0. The molecule has 42 valence electrons. The van der Waals surface area contributed by atoms with Crippen LogP contribution in [0.15, 0.2) is 22.9 Å². The first-order chi connectivity index (χ1) is 2.50. The molecule has 0 saturated heterocycles. The van der Waals surface area contributed by atoms with E-state index in [0.29, 0.717) is 0 Å². The van der Waals surface area contributed by atoms with Crippen LogP contribution >= 0.6 is 11.3 Å². The highest BCUT2D eigenvalue weighted by Gasteiger charge is 1.58. The summed E-state index contributed by atoms with van der Waals surface area (Å²) in [5, 5.41) is 4.08. The lowest BCUT2D eigenvalue weighted by Crippen LogP contribution is -1.16. The topological polar surface area (TPSA) is 0 Å². The molecule has 0 unspecified atom stereocenters. The van der Waals surface area contributed by atoms with Gasteiger partial charge in [0, 0.05) is 0 Å². The van der Waals surface area contributed by atoms with Crippen molar-refractivity contribution in [1.82, 2.24) is 0 Å². The molecule has 1 aromatic rings. The average molecular weight is 116 g/mol. The van der Waals surface area contributed by atoms with Crippen LogP contribution < -0.4 is 0 Å². The Morgan fingerprint density at radius 3 is 1.43 bits per heavy atom. The Bertz CT molecular complexity index is 60.7. The molecule has 1 aromatic heterocycles. The summed E-state index contributed by atoms with van der Waals surface area (Å²) in [5.74, 6) is 0. The lowest BCUT2D eigenvalue weighted by molar-refractivity contribution is 2.03. The van der Waals surface area contributed by atoms with Gasteiger partial charge < -0.3 is 0 Å². The van der Waals surface area contributed by atoms with Crippen LogP contribution in [0, 0.1) is 0 Å². The highest BCUT2D eigenvalue weighted by Crippen LogP contribution is 1.91. The molecule has 0 aromatic carbocycles. The van der Waals surface area contributed by atoms with Crippen molar-refractivity contribution < 1.29 is 0 Å². The molecule has 0 N–H and O–H groups in total. The van der Waals surface area contributed by atoms with Crippen molar-refractivity contribution in [2.24, 2.45) is 0 Å². The molecular formula is C6H12S. The molecule has 1 heterocycles. The fourth-order valence-corrected chi connectivity index (χ4v) is 0.680. The number of hydrogen-bond acceptors (Lipinski definition) is 1. The Balaban J connectivity index is 0. The fourth-order valence-electron chi connectivity index (χ4n) is 0.227. The second-order valence-electron chi connectivity index (χ2n) is 0.793. The maximum atomic E-state index is 2.04. The standard InChI is InChI=1S/C4H4S.2CH4/c1-2-4-5-3-1;;/h1-4H;2*1H4. The van der Waals surface area contributed by atoms with Gasteiger partial charge in [0.2, 0.25) is 0 Å². The SMILES string of the molecule is C.C.c1ccsc1. The van der Waals surface area contributed by atoms with E-state index in [-0.39, 0.29) is 14.9 Å². The van der Waals surface area contributed by atoms with Crippen molar-refractivity contribution >= 4 is 11.3 Å². The van der Waals surface area contributed by atoms with Gasteiger partial charge in [-0.1, -0.05) is 27.0 Å². The molecule has 7 heavy (non-hydrogen) atoms. The second-order valence-corrected chi connectivity index (χ2v) is 1.61. The van der Waals surface area contributed by atoms with Crippen LogP contribution in [-0.2, 0) is 0 Å². The van der Waals surface area contributed by atoms with E-state index in [1.807, 2.05) is 22.9 Å². The molecule has 0 nitrogen and oxygen atoms in total. The summed E-state index contributed by atoms with van der Waals surface area (Å²) < 4.78 is 0. The maximum Gasteiger partial charge on any atom is -0.00934 e. The van der Waals surface area contributed by atoms with Crippen LogP contribution in [0.5, 0.6) is 0 Å². The third-order valence-corrected chi connectivity index (χ3v) is 1.05. The Kier molecular flexibility index (Phi) is 8.02. The molecule has 0 fully saturated rings. The molecule has 0 bridgehead atoms. The third-order valence-electron chi connectivity index (χ3n) is 0.425.